The first kappa shape index (κ1) is 21.1. The Hall–Kier alpha value is -2.72. The third-order valence-corrected chi connectivity index (χ3v) is 8.28. The summed E-state index contributed by atoms with van der Waals surface area (Å²) in [5, 5.41) is 3.66. The van der Waals surface area contributed by atoms with E-state index in [4.69, 9.17) is 9.15 Å². The van der Waals surface area contributed by atoms with Gasteiger partial charge in [0.2, 0.25) is 10.0 Å². The second-order valence-corrected chi connectivity index (χ2v) is 10.3. The maximum atomic E-state index is 12.8. The van der Waals surface area contributed by atoms with Gasteiger partial charge in [-0.25, -0.2) is 18.2 Å². The van der Waals surface area contributed by atoms with Crippen LogP contribution in [0.15, 0.2) is 79.9 Å². The number of ether oxygens (including phenoxy) is 1. The van der Waals surface area contributed by atoms with E-state index in [1.54, 1.807) is 12.1 Å². The van der Waals surface area contributed by atoms with Crippen LogP contribution >= 0.6 is 11.8 Å². The number of aromatic nitrogens is 1. The fourth-order valence-corrected chi connectivity index (χ4v) is 6.00. The van der Waals surface area contributed by atoms with Gasteiger partial charge in [0.05, 0.1) is 18.2 Å². The number of thioether (sulfide) groups is 1. The minimum Gasteiger partial charge on any atom is -0.423 e. The molecule has 1 saturated heterocycles. The summed E-state index contributed by atoms with van der Waals surface area (Å²) in [4.78, 5) is 16.6. The molecule has 0 bridgehead atoms. The normalized spacial score (nSPS) is 15.4. The maximum Gasteiger partial charge on any atom is 0.336 e. The molecule has 0 amide bonds. The monoisotopic (exact) mass is 468 g/mol. The summed E-state index contributed by atoms with van der Waals surface area (Å²) in [5.74, 6) is 0.499. The van der Waals surface area contributed by atoms with E-state index in [0.29, 0.717) is 42.7 Å². The molecule has 1 aliphatic heterocycles. The van der Waals surface area contributed by atoms with Crippen LogP contribution < -0.4 is 5.63 Å². The Morgan fingerprint density at radius 1 is 1.03 bits per heavy atom. The van der Waals surface area contributed by atoms with Gasteiger partial charge < -0.3 is 9.15 Å². The first-order chi connectivity index (χ1) is 15.5. The predicted molar refractivity (Wildman–Crippen MR) is 123 cm³/mol. The van der Waals surface area contributed by atoms with Crippen LogP contribution in [0.5, 0.6) is 0 Å². The molecular formula is C23H20N2O5S2. The smallest absolute Gasteiger partial charge is 0.336 e. The molecule has 3 heterocycles. The number of sulfonamides is 1. The Kier molecular flexibility index (Phi) is 5.73. The van der Waals surface area contributed by atoms with Crippen molar-refractivity contribution in [2.75, 3.05) is 26.3 Å². The Labute approximate surface area is 189 Å². The summed E-state index contributed by atoms with van der Waals surface area (Å²) in [7, 11) is -3.58. The molecule has 1 fully saturated rings. The maximum absolute atomic E-state index is 12.8. The highest BCUT2D eigenvalue weighted by Crippen LogP contribution is 2.31. The van der Waals surface area contributed by atoms with Gasteiger partial charge in [-0.1, -0.05) is 30.3 Å². The van der Waals surface area contributed by atoms with Crippen molar-refractivity contribution in [1.29, 1.82) is 0 Å². The molecule has 9 heteroatoms. The van der Waals surface area contributed by atoms with Gasteiger partial charge in [0.1, 0.15) is 10.5 Å². The van der Waals surface area contributed by atoms with E-state index in [-0.39, 0.29) is 4.90 Å². The number of benzene rings is 2. The minimum atomic E-state index is -3.58. The highest BCUT2D eigenvalue weighted by molar-refractivity contribution is 7.98. The van der Waals surface area contributed by atoms with Gasteiger partial charge in [-0.05, 0) is 34.5 Å². The van der Waals surface area contributed by atoms with Gasteiger partial charge >= 0.3 is 5.63 Å². The lowest BCUT2D eigenvalue weighted by Gasteiger charge is -2.25. The van der Waals surface area contributed by atoms with Crippen molar-refractivity contribution in [3.8, 4) is 0 Å². The number of rotatable bonds is 5. The number of hydrogen-bond acceptors (Lipinski definition) is 7. The van der Waals surface area contributed by atoms with E-state index in [1.807, 2.05) is 36.4 Å². The Bertz CT molecular complexity index is 1440. The summed E-state index contributed by atoms with van der Waals surface area (Å²) >= 11 is 1.44. The van der Waals surface area contributed by atoms with Crippen molar-refractivity contribution < 1.29 is 17.6 Å². The molecule has 5 rings (SSSR count). The molecule has 0 unspecified atom stereocenters. The summed E-state index contributed by atoms with van der Waals surface area (Å²) < 4.78 is 37.6. The quantitative estimate of drug-likeness (QED) is 0.251. The van der Waals surface area contributed by atoms with Gasteiger partial charge in [-0.2, -0.15) is 4.31 Å². The molecule has 32 heavy (non-hydrogen) atoms. The van der Waals surface area contributed by atoms with Crippen molar-refractivity contribution in [1.82, 2.24) is 9.29 Å². The zero-order valence-corrected chi connectivity index (χ0v) is 18.7. The van der Waals surface area contributed by atoms with Crippen molar-refractivity contribution in [3.05, 3.63) is 76.8 Å². The zero-order valence-electron chi connectivity index (χ0n) is 17.1. The van der Waals surface area contributed by atoms with Crippen molar-refractivity contribution >= 4 is 43.5 Å². The van der Waals surface area contributed by atoms with Gasteiger partial charge in [0.15, 0.2) is 0 Å². The third-order valence-electron chi connectivity index (χ3n) is 5.41. The molecular weight excluding hydrogens is 448 g/mol. The molecule has 0 radical (unpaired) electrons. The highest BCUT2D eigenvalue weighted by atomic mass is 32.2. The summed E-state index contributed by atoms with van der Waals surface area (Å²) in [6, 6.07) is 16.5. The van der Waals surface area contributed by atoms with Crippen molar-refractivity contribution in [2.45, 2.75) is 15.7 Å². The van der Waals surface area contributed by atoms with Gasteiger partial charge in [-0.3, -0.25) is 0 Å². The first-order valence-corrected chi connectivity index (χ1v) is 12.6. The highest BCUT2D eigenvalue weighted by Gasteiger charge is 2.26. The molecule has 1 aliphatic rings. The van der Waals surface area contributed by atoms with E-state index in [2.05, 4.69) is 4.98 Å². The van der Waals surface area contributed by atoms with E-state index < -0.39 is 15.6 Å². The van der Waals surface area contributed by atoms with Gasteiger partial charge in [0.25, 0.3) is 0 Å². The minimum absolute atomic E-state index is 0.167. The standard InChI is InChI=1S/C23H20N2O5S2/c26-22-13-17(23-19-4-2-1-3-16(19)5-7-20(23)30-22)15-31-21-8-6-18(14-24-21)32(27,28)25-9-11-29-12-10-25/h1-8,13-14H,9-12,15H2. The third kappa shape index (κ3) is 4.04. The Balaban J connectivity index is 1.41. The lowest BCUT2D eigenvalue weighted by molar-refractivity contribution is 0.0730. The lowest BCUT2D eigenvalue weighted by atomic mass is 10.0. The van der Waals surface area contributed by atoms with Crippen LogP contribution in [0, 0.1) is 0 Å². The summed E-state index contributed by atoms with van der Waals surface area (Å²) in [6.07, 6.45) is 1.39. The van der Waals surface area contributed by atoms with E-state index >= 15 is 0 Å². The molecule has 0 spiro atoms. The Morgan fingerprint density at radius 2 is 1.84 bits per heavy atom. The second-order valence-electron chi connectivity index (χ2n) is 7.39. The predicted octanol–water partition coefficient (Wildman–Crippen LogP) is 3.65. The fraction of sp³-hybridized carbons (Fsp3) is 0.217. The van der Waals surface area contributed by atoms with Gasteiger partial charge in [0, 0.05) is 36.5 Å². The number of pyridine rings is 1. The molecule has 4 aromatic rings. The molecule has 164 valence electrons. The van der Waals surface area contributed by atoms with Crippen LogP contribution in [0.2, 0.25) is 0 Å². The number of hydrogen-bond donors (Lipinski definition) is 0. The largest absolute Gasteiger partial charge is 0.423 e. The number of fused-ring (bicyclic) bond motifs is 3. The van der Waals surface area contributed by atoms with Crippen LogP contribution in [0.3, 0.4) is 0 Å². The average Bonchev–Trinajstić information content (AvgIpc) is 2.83. The molecule has 0 atom stereocenters. The van der Waals surface area contributed by atoms with Crippen LogP contribution in [0.1, 0.15) is 5.56 Å². The van der Waals surface area contributed by atoms with E-state index in [9.17, 15) is 13.2 Å². The summed E-state index contributed by atoms with van der Waals surface area (Å²) in [5.41, 5.74) is 1.000. The molecule has 2 aromatic carbocycles. The molecule has 7 nitrogen and oxygen atoms in total. The molecule has 0 N–H and O–H groups in total. The van der Waals surface area contributed by atoms with E-state index in [1.165, 1.54) is 28.3 Å². The zero-order chi connectivity index (χ0) is 22.1. The van der Waals surface area contributed by atoms with Crippen LogP contribution in [-0.4, -0.2) is 44.0 Å². The lowest BCUT2D eigenvalue weighted by Crippen LogP contribution is -2.40. The van der Waals surface area contributed by atoms with Crippen molar-refractivity contribution in [3.63, 3.8) is 0 Å². The van der Waals surface area contributed by atoms with Gasteiger partial charge in [-0.15, -0.1) is 11.8 Å². The molecule has 2 aromatic heterocycles. The number of morpholine rings is 1. The van der Waals surface area contributed by atoms with Crippen LogP contribution in [0.25, 0.3) is 21.7 Å². The molecule has 0 saturated carbocycles. The van der Waals surface area contributed by atoms with Crippen molar-refractivity contribution in [2.24, 2.45) is 0 Å². The van der Waals surface area contributed by atoms with E-state index in [0.717, 1.165) is 21.7 Å². The summed E-state index contributed by atoms with van der Waals surface area (Å²) in [6.45, 7) is 1.48. The average molecular weight is 469 g/mol. The topological polar surface area (TPSA) is 89.7 Å². The first-order valence-electron chi connectivity index (χ1n) is 10.1. The second kappa shape index (κ2) is 8.67. The SMILES string of the molecule is O=c1cc(CSc2ccc(S(=O)(=O)N3CCOCC3)cn2)c2c(ccc3ccccc32)o1. The number of nitrogens with zero attached hydrogens (tertiary/aromatic N) is 2. The molecule has 0 aliphatic carbocycles. The van der Waals surface area contributed by atoms with Crippen LogP contribution in [-0.2, 0) is 20.5 Å². The van der Waals surface area contributed by atoms with Crippen LogP contribution in [0.4, 0.5) is 0 Å². The Morgan fingerprint density at radius 3 is 2.62 bits per heavy atom. The fourth-order valence-electron chi connectivity index (χ4n) is 3.83.